The molecule has 1 atom stereocenters. The van der Waals surface area contributed by atoms with E-state index in [9.17, 15) is 0 Å². The minimum Gasteiger partial charge on any atom is -0.379 e. The first-order valence-corrected chi connectivity index (χ1v) is 7.94. The zero-order valence-electron chi connectivity index (χ0n) is 15.2. The van der Waals surface area contributed by atoms with Gasteiger partial charge in [0, 0.05) is 20.2 Å². The van der Waals surface area contributed by atoms with Gasteiger partial charge in [0.05, 0.1) is 24.3 Å². The van der Waals surface area contributed by atoms with Crippen LogP contribution in [0.1, 0.15) is 38.8 Å². The number of guanidine groups is 1. The van der Waals surface area contributed by atoms with Crippen LogP contribution < -0.4 is 10.6 Å². The van der Waals surface area contributed by atoms with Gasteiger partial charge in [-0.15, -0.1) is 24.0 Å². The summed E-state index contributed by atoms with van der Waals surface area (Å²) in [5.41, 5.74) is 1.79. The SMILES string of the molecule is CCNC(=NCc1ccc(C#N)cc1)NCC(OC)C(C)(C)C.I. The van der Waals surface area contributed by atoms with Crippen LogP contribution in [-0.2, 0) is 11.3 Å². The van der Waals surface area contributed by atoms with Gasteiger partial charge >= 0.3 is 0 Å². The quantitative estimate of drug-likeness (QED) is 0.402. The van der Waals surface area contributed by atoms with E-state index < -0.39 is 0 Å². The van der Waals surface area contributed by atoms with E-state index in [0.29, 0.717) is 18.7 Å². The smallest absolute Gasteiger partial charge is 0.191 e. The van der Waals surface area contributed by atoms with Crippen molar-refractivity contribution < 1.29 is 4.74 Å². The molecule has 0 aliphatic carbocycles. The van der Waals surface area contributed by atoms with Crippen molar-refractivity contribution in [2.24, 2.45) is 10.4 Å². The van der Waals surface area contributed by atoms with E-state index in [1.807, 2.05) is 31.2 Å². The highest BCUT2D eigenvalue weighted by atomic mass is 127. The van der Waals surface area contributed by atoms with Crippen LogP contribution in [0.25, 0.3) is 0 Å². The van der Waals surface area contributed by atoms with Gasteiger partial charge < -0.3 is 15.4 Å². The van der Waals surface area contributed by atoms with Crippen LogP contribution in [0.2, 0.25) is 0 Å². The zero-order valence-corrected chi connectivity index (χ0v) is 17.5. The Morgan fingerprint density at radius 1 is 1.25 bits per heavy atom. The second-order valence-corrected chi connectivity index (χ2v) is 6.48. The molecule has 0 fully saturated rings. The first kappa shape index (κ1) is 22.7. The Morgan fingerprint density at radius 3 is 2.33 bits per heavy atom. The molecule has 134 valence electrons. The molecule has 0 radical (unpaired) electrons. The molecule has 5 nitrogen and oxygen atoms in total. The van der Waals surface area contributed by atoms with E-state index in [0.717, 1.165) is 18.1 Å². The van der Waals surface area contributed by atoms with Gasteiger partial charge in [-0.2, -0.15) is 5.26 Å². The third-order valence-corrected chi connectivity index (χ3v) is 3.55. The third-order valence-electron chi connectivity index (χ3n) is 3.55. The van der Waals surface area contributed by atoms with Crippen molar-refractivity contribution in [1.82, 2.24) is 10.6 Å². The summed E-state index contributed by atoms with van der Waals surface area (Å²) in [5, 5.41) is 15.4. The minimum atomic E-state index is 0. The first-order chi connectivity index (χ1) is 10.9. The van der Waals surface area contributed by atoms with Crippen LogP contribution >= 0.6 is 24.0 Å². The summed E-state index contributed by atoms with van der Waals surface area (Å²) in [6.45, 7) is 10.6. The zero-order chi connectivity index (χ0) is 17.3. The van der Waals surface area contributed by atoms with Gasteiger partial charge in [0.1, 0.15) is 0 Å². The summed E-state index contributed by atoms with van der Waals surface area (Å²) in [6.07, 6.45) is 0.0984. The summed E-state index contributed by atoms with van der Waals surface area (Å²) in [7, 11) is 1.73. The van der Waals surface area contributed by atoms with Crippen LogP contribution in [0.3, 0.4) is 0 Å². The van der Waals surface area contributed by atoms with Crippen molar-refractivity contribution in [3.05, 3.63) is 35.4 Å². The number of ether oxygens (including phenoxy) is 1. The highest BCUT2D eigenvalue weighted by Crippen LogP contribution is 2.20. The molecule has 1 aromatic carbocycles. The van der Waals surface area contributed by atoms with Crippen molar-refractivity contribution in [2.75, 3.05) is 20.2 Å². The lowest BCUT2D eigenvalue weighted by Crippen LogP contribution is -2.45. The molecule has 6 heteroatoms. The summed E-state index contributed by atoms with van der Waals surface area (Å²) in [6, 6.07) is 9.60. The Kier molecular flexibility index (Phi) is 10.6. The second kappa shape index (κ2) is 11.3. The molecule has 1 aromatic rings. The number of rotatable bonds is 6. The molecule has 1 rings (SSSR count). The summed E-state index contributed by atoms with van der Waals surface area (Å²) >= 11 is 0. The Labute approximate surface area is 162 Å². The number of benzene rings is 1. The average Bonchev–Trinajstić information content (AvgIpc) is 2.52. The van der Waals surface area contributed by atoms with Crippen molar-refractivity contribution in [2.45, 2.75) is 40.3 Å². The molecular weight excluding hydrogens is 415 g/mol. The number of nitrogens with one attached hydrogen (secondary N) is 2. The maximum Gasteiger partial charge on any atom is 0.191 e. The number of nitriles is 1. The van der Waals surface area contributed by atoms with Gasteiger partial charge in [-0.05, 0) is 30.0 Å². The van der Waals surface area contributed by atoms with Crippen LogP contribution in [0.4, 0.5) is 0 Å². The van der Waals surface area contributed by atoms with E-state index in [4.69, 9.17) is 10.00 Å². The molecule has 24 heavy (non-hydrogen) atoms. The Morgan fingerprint density at radius 2 is 1.88 bits per heavy atom. The molecule has 0 aliphatic rings. The largest absolute Gasteiger partial charge is 0.379 e. The van der Waals surface area contributed by atoms with E-state index in [1.165, 1.54) is 0 Å². The maximum absolute atomic E-state index is 8.82. The second-order valence-electron chi connectivity index (χ2n) is 6.48. The average molecular weight is 444 g/mol. The predicted octanol–water partition coefficient (Wildman–Crippen LogP) is 3.29. The fourth-order valence-electron chi connectivity index (χ4n) is 2.13. The number of hydrogen-bond acceptors (Lipinski definition) is 3. The van der Waals surface area contributed by atoms with Gasteiger partial charge in [0.2, 0.25) is 0 Å². The van der Waals surface area contributed by atoms with Crippen molar-refractivity contribution in [3.63, 3.8) is 0 Å². The Bertz CT molecular complexity index is 544. The molecule has 1 unspecified atom stereocenters. The van der Waals surface area contributed by atoms with Gasteiger partial charge in [0.15, 0.2) is 5.96 Å². The highest BCUT2D eigenvalue weighted by molar-refractivity contribution is 14.0. The summed E-state index contributed by atoms with van der Waals surface area (Å²) in [5.74, 6) is 0.767. The fraction of sp³-hybridized carbons (Fsp3) is 0.556. The maximum atomic E-state index is 8.82. The van der Waals surface area contributed by atoms with E-state index in [2.05, 4.69) is 42.5 Å². The Balaban J connectivity index is 0.00000529. The number of aliphatic imine (C=N–C) groups is 1. The van der Waals surface area contributed by atoms with E-state index in [1.54, 1.807) is 7.11 Å². The number of halogens is 1. The van der Waals surface area contributed by atoms with Crippen LogP contribution in [0.15, 0.2) is 29.3 Å². The Hall–Kier alpha value is -1.33. The fourth-order valence-corrected chi connectivity index (χ4v) is 2.13. The molecule has 0 aliphatic heterocycles. The standard InChI is InChI=1S/C18H28N4O.HI/c1-6-20-17(22-13-16(23-5)18(2,3)4)21-12-15-9-7-14(11-19)8-10-15;/h7-10,16H,6,12-13H2,1-5H3,(H2,20,21,22);1H. The molecule has 0 saturated heterocycles. The number of nitrogens with zero attached hydrogens (tertiary/aromatic N) is 2. The van der Waals surface area contributed by atoms with Crippen molar-refractivity contribution >= 4 is 29.9 Å². The highest BCUT2D eigenvalue weighted by Gasteiger charge is 2.24. The molecule has 0 amide bonds. The van der Waals surface area contributed by atoms with Crippen molar-refractivity contribution in [1.29, 1.82) is 5.26 Å². The van der Waals surface area contributed by atoms with Crippen LogP contribution in [-0.4, -0.2) is 32.3 Å². The first-order valence-electron chi connectivity index (χ1n) is 7.94. The molecule has 0 saturated carbocycles. The van der Waals surface area contributed by atoms with Crippen LogP contribution in [0, 0.1) is 16.7 Å². The lowest BCUT2D eigenvalue weighted by atomic mass is 9.89. The number of methoxy groups -OCH3 is 1. The molecule has 2 N–H and O–H groups in total. The van der Waals surface area contributed by atoms with Gasteiger partial charge in [-0.25, -0.2) is 4.99 Å². The molecule has 0 spiro atoms. The lowest BCUT2D eigenvalue weighted by Gasteiger charge is -2.30. The third kappa shape index (κ3) is 7.97. The minimum absolute atomic E-state index is 0. The van der Waals surface area contributed by atoms with Crippen molar-refractivity contribution in [3.8, 4) is 6.07 Å². The topological polar surface area (TPSA) is 69.4 Å². The molecule has 0 heterocycles. The predicted molar refractivity (Wildman–Crippen MR) is 110 cm³/mol. The van der Waals surface area contributed by atoms with Gasteiger partial charge in [-0.3, -0.25) is 0 Å². The molecule has 0 bridgehead atoms. The number of hydrogen-bond donors (Lipinski definition) is 2. The summed E-state index contributed by atoms with van der Waals surface area (Å²) < 4.78 is 5.56. The van der Waals surface area contributed by atoms with Crippen LogP contribution in [0.5, 0.6) is 0 Å². The molecular formula is C18H29IN4O. The monoisotopic (exact) mass is 444 g/mol. The van der Waals surface area contributed by atoms with Gasteiger partial charge in [0.25, 0.3) is 0 Å². The van der Waals surface area contributed by atoms with E-state index in [-0.39, 0.29) is 35.5 Å². The normalized spacial score (nSPS) is 12.8. The summed E-state index contributed by atoms with van der Waals surface area (Å²) in [4.78, 5) is 4.58. The molecule has 0 aromatic heterocycles. The van der Waals surface area contributed by atoms with Gasteiger partial charge in [-0.1, -0.05) is 32.9 Å². The lowest BCUT2D eigenvalue weighted by molar-refractivity contribution is 0.0205. The van der Waals surface area contributed by atoms with E-state index >= 15 is 0 Å².